The van der Waals surface area contributed by atoms with Crippen LogP contribution in [0.3, 0.4) is 0 Å². The van der Waals surface area contributed by atoms with Crippen molar-refractivity contribution in [3.63, 3.8) is 0 Å². The Labute approximate surface area is 309 Å². The molecule has 47 heavy (non-hydrogen) atoms. The van der Waals surface area contributed by atoms with Crippen LogP contribution in [0.15, 0.2) is 71.8 Å². The van der Waals surface area contributed by atoms with Gasteiger partial charge in [0.15, 0.2) is 0 Å². The van der Waals surface area contributed by atoms with E-state index in [9.17, 15) is 13.2 Å². The zero-order valence-electron chi connectivity index (χ0n) is 29.7. The van der Waals surface area contributed by atoms with Gasteiger partial charge in [-0.3, -0.25) is 6.08 Å². The fraction of sp³-hybridized carbons (Fsp3) is 0.439. The first-order valence-electron chi connectivity index (χ1n) is 15.9. The number of hydrogen-bond donors (Lipinski definition) is 0. The van der Waals surface area contributed by atoms with Gasteiger partial charge in [0.1, 0.15) is 0 Å². The maximum absolute atomic E-state index is 12.0. The van der Waals surface area contributed by atoms with E-state index in [0.29, 0.717) is 11.3 Å². The van der Waals surface area contributed by atoms with Gasteiger partial charge in [-0.2, -0.15) is 41.0 Å². The Morgan fingerprint density at radius 1 is 0.766 bits per heavy atom. The van der Waals surface area contributed by atoms with Crippen LogP contribution in [0.4, 0.5) is 13.2 Å². The molecule has 0 saturated carbocycles. The van der Waals surface area contributed by atoms with Gasteiger partial charge in [-0.25, -0.2) is 5.57 Å². The Morgan fingerprint density at radius 2 is 1.30 bits per heavy atom. The molecule has 0 bridgehead atoms. The average Bonchev–Trinajstić information content (AvgIpc) is 3.51. The van der Waals surface area contributed by atoms with Gasteiger partial charge in [0.2, 0.25) is 0 Å². The third-order valence-corrected chi connectivity index (χ3v) is 9.06. The summed E-state index contributed by atoms with van der Waals surface area (Å²) in [5.41, 5.74) is 12.2. The van der Waals surface area contributed by atoms with E-state index in [1.54, 1.807) is 0 Å². The molecule has 0 heterocycles. The molecule has 0 aromatic heterocycles. The number of benzene rings is 3. The summed E-state index contributed by atoms with van der Waals surface area (Å²) in [5, 5.41) is 0. The van der Waals surface area contributed by atoms with E-state index in [0.717, 1.165) is 30.5 Å². The predicted octanol–water partition coefficient (Wildman–Crippen LogP) is 5.81. The van der Waals surface area contributed by atoms with Gasteiger partial charge in [0.25, 0.3) is 0 Å². The molecule has 3 aromatic carbocycles. The van der Waals surface area contributed by atoms with Crippen LogP contribution in [-0.2, 0) is 47.7 Å². The summed E-state index contributed by atoms with van der Waals surface area (Å²) < 4.78 is 37.9. The molecule has 0 N–H and O–H groups in total. The molecule has 0 saturated heterocycles. The monoisotopic (exact) mass is 758 g/mol. The molecular weight excluding hydrogens is 712 g/mol. The van der Waals surface area contributed by atoms with Crippen LogP contribution < -0.4 is 24.8 Å². The first-order valence-corrected chi connectivity index (χ1v) is 17.3. The van der Waals surface area contributed by atoms with Gasteiger partial charge < -0.3 is 24.8 Å². The van der Waals surface area contributed by atoms with Crippen molar-refractivity contribution in [1.29, 1.82) is 0 Å². The minimum atomic E-state index is -4.22. The number of hydrogen-bond acceptors (Lipinski definition) is 0. The standard InChI is InChI=1S/C21H25.C12H19.C8H5F3.2ClH.Zr/c1-20(2,3)16-9-7-14-11-15-8-10-17(21(4,5)6)13-19(15)18(14)12-16;1-6-10-7-9(2)8-11(10)12(3,4)5;1-6-2-4-7(5-3-6)8(9,10)11;;;/h7,9-10,12-13H,11H2,1-6H3;8-9H,6H2,1-5H3;1-5H;2*1H;/q2*-1;;;;+2/p-2. The Bertz CT molecular complexity index is 1500. The van der Waals surface area contributed by atoms with Crippen molar-refractivity contribution in [3.05, 3.63) is 117 Å². The Kier molecular flexibility index (Phi) is 15.5. The second-order valence-electron chi connectivity index (χ2n) is 15.2. The van der Waals surface area contributed by atoms with Gasteiger partial charge in [0.05, 0.1) is 0 Å². The van der Waals surface area contributed by atoms with Crippen LogP contribution in [-0.4, -0.2) is 3.71 Å². The summed E-state index contributed by atoms with van der Waals surface area (Å²) in [6, 6.07) is 20.2. The van der Waals surface area contributed by atoms with Crippen molar-refractivity contribution < 1.29 is 62.2 Å². The molecule has 254 valence electrons. The SMILES string of the molecule is CC(C)(C)c1c[c-]c2c(c1)-c1cc(C(C)(C)C)ccc1C2.CCC1=[C-]C(C)C=C1C(C)(C)C.FC(F)(F)c1ccc([CH]=[Zr+2])cc1.[Cl-].[Cl-]. The van der Waals surface area contributed by atoms with Gasteiger partial charge in [0, 0.05) is 0 Å². The number of fused-ring (bicyclic) bond motifs is 3. The molecule has 0 spiro atoms. The zero-order chi connectivity index (χ0) is 34.0. The summed E-state index contributed by atoms with van der Waals surface area (Å²) in [6.45, 7) is 24.9. The van der Waals surface area contributed by atoms with E-state index in [-0.39, 0.29) is 35.6 Å². The fourth-order valence-electron chi connectivity index (χ4n) is 5.49. The second-order valence-corrected chi connectivity index (χ2v) is 15.9. The summed E-state index contributed by atoms with van der Waals surface area (Å²) >= 11 is 1.18. The van der Waals surface area contributed by atoms with Crippen molar-refractivity contribution in [1.82, 2.24) is 0 Å². The number of rotatable bonds is 2. The van der Waals surface area contributed by atoms with Crippen molar-refractivity contribution in [3.8, 4) is 11.1 Å². The molecule has 3 aromatic rings. The molecule has 0 nitrogen and oxygen atoms in total. The zero-order valence-corrected chi connectivity index (χ0v) is 33.7. The topological polar surface area (TPSA) is 0 Å². The molecule has 0 amide bonds. The first kappa shape index (κ1) is 43.3. The average molecular weight is 761 g/mol. The van der Waals surface area contributed by atoms with Crippen molar-refractivity contribution >= 4 is 3.71 Å². The molecule has 2 aliphatic carbocycles. The van der Waals surface area contributed by atoms with E-state index >= 15 is 0 Å². The molecule has 0 fully saturated rings. The number of alkyl halides is 3. The van der Waals surface area contributed by atoms with Gasteiger partial charge >= 0.3 is 82.7 Å². The Hall–Kier alpha value is -1.74. The molecule has 5 rings (SSSR count). The third-order valence-electron chi connectivity index (χ3n) is 8.24. The van der Waals surface area contributed by atoms with Crippen LogP contribution in [0.25, 0.3) is 11.1 Å². The molecule has 1 atom stereocenters. The van der Waals surface area contributed by atoms with Crippen molar-refractivity contribution in [2.75, 3.05) is 0 Å². The molecule has 0 radical (unpaired) electrons. The van der Waals surface area contributed by atoms with Gasteiger partial charge in [-0.1, -0.05) is 129 Å². The Balaban J connectivity index is 0.000000369. The molecular formula is C41H49Cl2F3Zr-2. The summed E-state index contributed by atoms with van der Waals surface area (Å²) in [7, 11) is 0. The predicted molar refractivity (Wildman–Crippen MR) is 181 cm³/mol. The van der Waals surface area contributed by atoms with E-state index in [4.69, 9.17) is 0 Å². The molecule has 6 heteroatoms. The third kappa shape index (κ3) is 11.7. The minimum absolute atomic E-state index is 0. The normalized spacial score (nSPS) is 15.3. The smallest absolute Gasteiger partial charge is 1.00 e. The molecule has 2 aliphatic rings. The van der Waals surface area contributed by atoms with E-state index < -0.39 is 11.7 Å². The van der Waals surface area contributed by atoms with Crippen LogP contribution in [0, 0.1) is 23.5 Å². The van der Waals surface area contributed by atoms with E-state index in [1.807, 2.05) is 3.71 Å². The largest absolute Gasteiger partial charge is 1.00 e. The number of allylic oxidation sites excluding steroid dienone is 4. The van der Waals surface area contributed by atoms with E-state index in [1.165, 1.54) is 80.9 Å². The quantitative estimate of drug-likeness (QED) is 0.227. The minimum Gasteiger partial charge on any atom is -1.00 e. The summed E-state index contributed by atoms with van der Waals surface area (Å²) in [6.07, 6.45) is 3.75. The molecule has 1 unspecified atom stereocenters. The second kappa shape index (κ2) is 16.8. The van der Waals surface area contributed by atoms with Gasteiger partial charge in [-0.15, -0.1) is 5.56 Å². The van der Waals surface area contributed by atoms with Crippen LogP contribution in [0.2, 0.25) is 0 Å². The first-order chi connectivity index (χ1) is 20.6. The maximum atomic E-state index is 12.0. The summed E-state index contributed by atoms with van der Waals surface area (Å²) in [5.74, 6) is 0.522. The molecule has 0 aliphatic heterocycles. The van der Waals surface area contributed by atoms with E-state index in [2.05, 4.69) is 125 Å². The van der Waals surface area contributed by atoms with Crippen LogP contribution in [0.5, 0.6) is 0 Å². The Morgan fingerprint density at radius 3 is 1.74 bits per heavy atom. The van der Waals surface area contributed by atoms with Crippen LogP contribution in [0.1, 0.15) is 116 Å². The van der Waals surface area contributed by atoms with Crippen LogP contribution >= 0.6 is 0 Å². The maximum Gasteiger partial charge on any atom is -1.00 e. The fourth-order valence-corrected chi connectivity index (χ4v) is 5.97. The summed E-state index contributed by atoms with van der Waals surface area (Å²) in [4.78, 5) is 0. The number of halogens is 5. The van der Waals surface area contributed by atoms with Gasteiger partial charge in [-0.05, 0) is 17.4 Å². The van der Waals surface area contributed by atoms with Crippen molar-refractivity contribution in [2.45, 2.75) is 106 Å². The van der Waals surface area contributed by atoms with Crippen molar-refractivity contribution in [2.24, 2.45) is 11.3 Å².